The van der Waals surface area contributed by atoms with Crippen LogP contribution in [0.3, 0.4) is 0 Å². The van der Waals surface area contributed by atoms with Crippen molar-refractivity contribution < 1.29 is 18.0 Å². The largest absolute Gasteiger partial charge is 0.350 e. The first-order valence-electron chi connectivity index (χ1n) is 14.7. The van der Waals surface area contributed by atoms with Gasteiger partial charge in [-0.15, -0.1) is 0 Å². The summed E-state index contributed by atoms with van der Waals surface area (Å²) in [5.41, 5.74) is 3.10. The molecule has 43 heavy (non-hydrogen) atoms. The van der Waals surface area contributed by atoms with Crippen LogP contribution in [0, 0.1) is 6.92 Å². The fourth-order valence-corrected chi connectivity index (χ4v) is 7.44. The number of anilines is 1. The highest BCUT2D eigenvalue weighted by atomic mass is 32.2. The molecule has 4 aromatic carbocycles. The quantitative estimate of drug-likeness (QED) is 0.243. The number of hydrogen-bond donors (Lipinski definition) is 1. The molecule has 1 heterocycles. The summed E-state index contributed by atoms with van der Waals surface area (Å²) in [5, 5.41) is 4.68. The molecule has 0 saturated heterocycles. The second-order valence-electron chi connectivity index (χ2n) is 12.2. The van der Waals surface area contributed by atoms with Crippen molar-refractivity contribution in [3.8, 4) is 0 Å². The summed E-state index contributed by atoms with van der Waals surface area (Å²) in [5.74, 6) is -0.414. The molecule has 0 bridgehead atoms. The molecular weight excluding hydrogens is 558 g/mol. The van der Waals surface area contributed by atoms with Gasteiger partial charge in [0.1, 0.15) is 6.04 Å². The van der Waals surface area contributed by atoms with Gasteiger partial charge in [-0.1, -0.05) is 78.9 Å². The van der Waals surface area contributed by atoms with Crippen molar-refractivity contribution in [1.82, 2.24) is 10.2 Å². The second-order valence-corrected chi connectivity index (χ2v) is 14.0. The Morgan fingerprint density at radius 2 is 1.56 bits per heavy atom. The Balaban J connectivity index is 1.41. The molecule has 5 rings (SSSR count). The maximum absolute atomic E-state index is 14.1. The molecule has 1 aliphatic heterocycles. The minimum absolute atomic E-state index is 0.0955. The summed E-state index contributed by atoms with van der Waals surface area (Å²) in [6.45, 7) is 8.20. The third kappa shape index (κ3) is 6.59. The van der Waals surface area contributed by atoms with Crippen molar-refractivity contribution in [2.75, 3.05) is 10.8 Å². The average molecular weight is 598 g/mol. The molecule has 0 saturated carbocycles. The maximum Gasteiger partial charge on any atom is 0.265 e. The van der Waals surface area contributed by atoms with Crippen LogP contribution >= 0.6 is 0 Å². The number of nitrogens with one attached hydrogen (secondary N) is 1. The minimum atomic E-state index is -3.72. The van der Waals surface area contributed by atoms with Crippen molar-refractivity contribution >= 4 is 38.3 Å². The van der Waals surface area contributed by atoms with Crippen molar-refractivity contribution in [1.29, 1.82) is 0 Å². The van der Waals surface area contributed by atoms with E-state index in [1.807, 2.05) is 107 Å². The third-order valence-corrected chi connectivity index (χ3v) is 9.66. The number of amides is 2. The van der Waals surface area contributed by atoms with E-state index < -0.39 is 21.6 Å². The van der Waals surface area contributed by atoms with E-state index in [1.165, 1.54) is 4.31 Å². The summed E-state index contributed by atoms with van der Waals surface area (Å²) < 4.78 is 28.3. The minimum Gasteiger partial charge on any atom is -0.350 e. The summed E-state index contributed by atoms with van der Waals surface area (Å²) in [4.78, 5) is 29.8. The number of rotatable bonds is 10. The Kier molecular flexibility index (Phi) is 8.60. The van der Waals surface area contributed by atoms with E-state index in [9.17, 15) is 18.0 Å². The molecule has 0 aromatic heterocycles. The number of carbonyl (C=O) groups is 2. The molecule has 4 aromatic rings. The number of aryl methyl sites for hydroxylation is 1. The molecule has 0 radical (unpaired) electrons. The normalized spacial score (nSPS) is 14.5. The van der Waals surface area contributed by atoms with Gasteiger partial charge in [-0.25, -0.2) is 8.42 Å². The average Bonchev–Trinajstić information content (AvgIpc) is 3.18. The lowest BCUT2D eigenvalue weighted by Gasteiger charge is -2.34. The number of sulfonamides is 1. The van der Waals surface area contributed by atoms with Gasteiger partial charge in [0.15, 0.2) is 0 Å². The van der Waals surface area contributed by atoms with Gasteiger partial charge in [-0.2, -0.15) is 0 Å². The van der Waals surface area contributed by atoms with Gasteiger partial charge in [0.2, 0.25) is 11.8 Å². The highest BCUT2D eigenvalue weighted by molar-refractivity contribution is 7.93. The molecule has 224 valence electrons. The molecule has 7 nitrogen and oxygen atoms in total. The number of nitrogens with zero attached hydrogens (tertiary/aromatic N) is 2. The van der Waals surface area contributed by atoms with Gasteiger partial charge in [0.25, 0.3) is 10.0 Å². The zero-order valence-electron chi connectivity index (χ0n) is 25.2. The smallest absolute Gasteiger partial charge is 0.265 e. The van der Waals surface area contributed by atoms with Crippen molar-refractivity contribution in [3.05, 3.63) is 108 Å². The van der Waals surface area contributed by atoms with E-state index in [1.54, 1.807) is 17.0 Å². The zero-order chi connectivity index (χ0) is 30.8. The molecular formula is C35H39N3O4S. The molecule has 2 amide bonds. The van der Waals surface area contributed by atoms with Crippen LogP contribution in [0.1, 0.15) is 50.3 Å². The van der Waals surface area contributed by atoms with Crippen molar-refractivity contribution in [2.24, 2.45) is 0 Å². The first kappa shape index (κ1) is 30.3. The van der Waals surface area contributed by atoms with Gasteiger partial charge < -0.3 is 10.2 Å². The van der Waals surface area contributed by atoms with Crippen LogP contribution in [0.25, 0.3) is 10.8 Å². The first-order chi connectivity index (χ1) is 20.5. The third-order valence-electron chi connectivity index (χ3n) is 7.80. The van der Waals surface area contributed by atoms with Gasteiger partial charge in [0.05, 0.1) is 10.6 Å². The number of hydrogen-bond acceptors (Lipinski definition) is 4. The lowest BCUT2D eigenvalue weighted by atomic mass is 9.99. The summed E-state index contributed by atoms with van der Waals surface area (Å²) >= 11 is 0. The van der Waals surface area contributed by atoms with E-state index >= 15 is 0 Å². The predicted molar refractivity (Wildman–Crippen MR) is 171 cm³/mol. The van der Waals surface area contributed by atoms with Crippen molar-refractivity contribution in [3.63, 3.8) is 0 Å². The van der Waals surface area contributed by atoms with Crippen LogP contribution in [0.4, 0.5) is 5.69 Å². The van der Waals surface area contributed by atoms with E-state index in [4.69, 9.17) is 0 Å². The summed E-state index contributed by atoms with van der Waals surface area (Å²) in [6.07, 6.45) is 0.766. The van der Waals surface area contributed by atoms with Gasteiger partial charge in [0, 0.05) is 36.9 Å². The molecule has 0 unspecified atom stereocenters. The van der Waals surface area contributed by atoms with Crippen LogP contribution in [0.2, 0.25) is 0 Å². The predicted octanol–water partition coefficient (Wildman–Crippen LogP) is 5.99. The van der Waals surface area contributed by atoms with Crippen LogP contribution in [0.5, 0.6) is 0 Å². The fourth-order valence-electron chi connectivity index (χ4n) is 5.69. The lowest BCUT2D eigenvalue weighted by Crippen LogP contribution is -2.54. The molecule has 0 spiro atoms. The zero-order valence-corrected chi connectivity index (χ0v) is 26.0. The van der Waals surface area contributed by atoms with Gasteiger partial charge in [-0.05, 0) is 68.3 Å². The van der Waals surface area contributed by atoms with Crippen LogP contribution in [-0.4, -0.2) is 43.3 Å². The van der Waals surface area contributed by atoms with Gasteiger partial charge in [-0.3, -0.25) is 13.9 Å². The Hall–Kier alpha value is -4.17. The Morgan fingerprint density at radius 1 is 0.884 bits per heavy atom. The van der Waals surface area contributed by atoms with E-state index in [2.05, 4.69) is 5.32 Å². The van der Waals surface area contributed by atoms with Gasteiger partial charge >= 0.3 is 0 Å². The monoisotopic (exact) mass is 597 g/mol. The molecule has 1 atom stereocenters. The topological polar surface area (TPSA) is 86.8 Å². The molecule has 1 aliphatic rings. The standard InChI is InChI=1S/C35H39N3O4S/c1-25-13-8-9-16-28(25)24-37(30(34(40)36-35(2,3)4)23-26-14-6-5-7-15-26)32(39)21-12-22-38-29-19-10-17-27-18-11-20-31(33(27)29)43(38,41)42/h5-11,13-20,30H,12,21-24H2,1-4H3,(H,36,40)/t30-/m0/s1. The highest BCUT2D eigenvalue weighted by Crippen LogP contribution is 2.42. The second kappa shape index (κ2) is 12.2. The van der Waals surface area contributed by atoms with Crippen LogP contribution < -0.4 is 9.62 Å². The van der Waals surface area contributed by atoms with E-state index in [-0.39, 0.29) is 31.3 Å². The Labute approximate surface area is 254 Å². The highest BCUT2D eigenvalue weighted by Gasteiger charge is 2.36. The lowest BCUT2D eigenvalue weighted by molar-refractivity contribution is -0.142. The fraction of sp³-hybridized carbons (Fsp3) is 0.314. The Bertz CT molecular complexity index is 1740. The molecule has 1 N–H and O–H groups in total. The van der Waals surface area contributed by atoms with E-state index in [0.29, 0.717) is 23.4 Å². The van der Waals surface area contributed by atoms with E-state index in [0.717, 1.165) is 27.5 Å². The molecule has 0 aliphatic carbocycles. The maximum atomic E-state index is 14.1. The molecule has 8 heteroatoms. The SMILES string of the molecule is Cc1ccccc1CN(C(=O)CCCN1c2cccc3cccc(c23)S1(=O)=O)[C@@H](Cc1ccccc1)C(=O)NC(C)(C)C. The summed E-state index contributed by atoms with van der Waals surface area (Å²) in [6, 6.07) is 27.7. The first-order valence-corrected chi connectivity index (χ1v) is 16.1. The van der Waals surface area contributed by atoms with Crippen molar-refractivity contribution in [2.45, 2.75) is 70.0 Å². The number of carbonyl (C=O) groups excluding carboxylic acids is 2. The summed E-state index contributed by atoms with van der Waals surface area (Å²) in [7, 11) is -3.72. The molecule has 0 fully saturated rings. The Morgan fingerprint density at radius 3 is 2.26 bits per heavy atom. The van der Waals surface area contributed by atoms with Crippen LogP contribution in [-0.2, 0) is 32.6 Å². The number of benzene rings is 4. The van der Waals surface area contributed by atoms with Crippen LogP contribution in [0.15, 0.2) is 95.9 Å².